The zero-order chi connectivity index (χ0) is 33.9. The lowest BCUT2D eigenvalue weighted by Crippen LogP contribution is -2.49. The predicted molar refractivity (Wildman–Crippen MR) is 177 cm³/mol. The minimum absolute atomic E-state index is 0.0256. The Morgan fingerprint density at radius 3 is 2.08 bits per heavy atom. The lowest BCUT2D eigenvalue weighted by molar-refractivity contribution is -0.384. The van der Waals surface area contributed by atoms with E-state index in [0.29, 0.717) is 32.2 Å². The lowest BCUT2D eigenvalue weighted by Gasteiger charge is -2.41. The van der Waals surface area contributed by atoms with Gasteiger partial charge in [0.2, 0.25) is 11.8 Å². The number of carbonyl (C=O) groups excluding carboxylic acids is 2. The van der Waals surface area contributed by atoms with E-state index < -0.39 is 12.2 Å². The van der Waals surface area contributed by atoms with Gasteiger partial charge in [-0.25, -0.2) is 5.48 Å². The van der Waals surface area contributed by atoms with Crippen molar-refractivity contribution in [1.82, 2.24) is 15.7 Å². The molecule has 0 radical (unpaired) electrons. The Bertz CT molecular complexity index is 1490. The van der Waals surface area contributed by atoms with Crippen LogP contribution in [0.25, 0.3) is 0 Å². The Morgan fingerprint density at radius 1 is 0.833 bits per heavy atom. The number of benzene rings is 3. The highest BCUT2D eigenvalue weighted by atomic mass is 16.7. The summed E-state index contributed by atoms with van der Waals surface area (Å²) in [5.74, 6) is -0.563. The van der Waals surface area contributed by atoms with E-state index in [-0.39, 0.29) is 41.8 Å². The van der Waals surface area contributed by atoms with E-state index in [4.69, 9.17) is 14.7 Å². The first-order valence-corrected chi connectivity index (χ1v) is 16.3. The quantitative estimate of drug-likeness (QED) is 0.0854. The highest BCUT2D eigenvalue weighted by molar-refractivity contribution is 5.76. The molecule has 2 amide bonds. The number of anilines is 1. The van der Waals surface area contributed by atoms with Crippen molar-refractivity contribution in [2.75, 3.05) is 37.6 Å². The number of nitrogens with one attached hydrogen (secondary N) is 2. The van der Waals surface area contributed by atoms with Gasteiger partial charge in [0.25, 0.3) is 5.69 Å². The van der Waals surface area contributed by atoms with Crippen LogP contribution in [0.3, 0.4) is 0 Å². The summed E-state index contributed by atoms with van der Waals surface area (Å²) in [4.78, 5) is 38.6. The molecular weight excluding hydrogens is 618 g/mol. The van der Waals surface area contributed by atoms with Crippen molar-refractivity contribution in [1.29, 1.82) is 0 Å². The van der Waals surface area contributed by atoms with E-state index in [0.717, 1.165) is 60.7 Å². The zero-order valence-corrected chi connectivity index (χ0v) is 26.8. The smallest absolute Gasteiger partial charge is 0.269 e. The topological polar surface area (TPSA) is 167 Å². The summed E-state index contributed by atoms with van der Waals surface area (Å²) in [6, 6.07) is 22.3. The molecule has 0 aliphatic carbocycles. The maximum atomic E-state index is 12.2. The lowest BCUT2D eigenvalue weighted by atomic mass is 9.99. The predicted octanol–water partition coefficient (Wildman–Crippen LogP) is 4.14. The van der Waals surface area contributed by atoms with Crippen molar-refractivity contribution in [3.05, 3.63) is 105 Å². The molecule has 2 aliphatic rings. The largest absolute Gasteiger partial charge is 0.392 e. The highest BCUT2D eigenvalue weighted by Crippen LogP contribution is 2.38. The number of unbranched alkanes of at least 4 members (excludes halogenated alkanes) is 1. The van der Waals surface area contributed by atoms with E-state index >= 15 is 0 Å². The van der Waals surface area contributed by atoms with Crippen molar-refractivity contribution < 1.29 is 34.3 Å². The van der Waals surface area contributed by atoms with E-state index in [1.54, 1.807) is 29.7 Å². The molecule has 2 fully saturated rings. The number of hydroxylamine groups is 1. The Kier molecular flexibility index (Phi) is 12.5. The third-order valence-electron chi connectivity index (χ3n) is 8.80. The van der Waals surface area contributed by atoms with Crippen molar-refractivity contribution in [2.24, 2.45) is 0 Å². The molecule has 0 spiro atoms. The van der Waals surface area contributed by atoms with Gasteiger partial charge in [-0.3, -0.25) is 29.8 Å². The van der Waals surface area contributed by atoms with Crippen LogP contribution in [0.2, 0.25) is 0 Å². The maximum absolute atomic E-state index is 12.2. The molecular formula is C35H43N5O8. The fourth-order valence-electron chi connectivity index (χ4n) is 6.00. The van der Waals surface area contributed by atoms with Gasteiger partial charge in [0, 0.05) is 81.9 Å². The fourth-order valence-corrected chi connectivity index (χ4v) is 6.00. The van der Waals surface area contributed by atoms with Gasteiger partial charge in [-0.1, -0.05) is 48.5 Å². The Hall–Kier alpha value is -4.40. The summed E-state index contributed by atoms with van der Waals surface area (Å²) in [7, 11) is 0. The molecule has 3 atom stereocenters. The number of hydrogen-bond donors (Lipinski definition) is 4. The molecule has 5 rings (SSSR count). The third-order valence-corrected chi connectivity index (χ3v) is 8.80. The number of amides is 2. The van der Waals surface area contributed by atoms with Crippen LogP contribution in [0.15, 0.2) is 72.8 Å². The molecule has 2 saturated heterocycles. The van der Waals surface area contributed by atoms with Gasteiger partial charge in [-0.2, -0.15) is 0 Å². The Morgan fingerprint density at radius 2 is 1.46 bits per heavy atom. The first kappa shape index (κ1) is 34.9. The number of carbonyl (C=O) groups is 2. The summed E-state index contributed by atoms with van der Waals surface area (Å²) in [6.07, 6.45) is 1.32. The fraction of sp³-hybridized carbons (Fsp3) is 0.429. The molecule has 256 valence electrons. The van der Waals surface area contributed by atoms with Gasteiger partial charge in [-0.15, -0.1) is 0 Å². The second-order valence-corrected chi connectivity index (χ2v) is 12.2. The minimum Gasteiger partial charge on any atom is -0.392 e. The third kappa shape index (κ3) is 9.81. The monoisotopic (exact) mass is 661 g/mol. The average Bonchev–Trinajstić information content (AvgIpc) is 3.13. The first-order chi connectivity index (χ1) is 23.3. The molecule has 3 unspecified atom stereocenters. The van der Waals surface area contributed by atoms with Gasteiger partial charge in [-0.05, 0) is 41.7 Å². The number of aliphatic hydroxyl groups is 1. The molecule has 0 aromatic heterocycles. The van der Waals surface area contributed by atoms with Crippen LogP contribution in [-0.4, -0.2) is 70.8 Å². The number of nitro benzene ring substituents is 1. The molecule has 0 bridgehead atoms. The van der Waals surface area contributed by atoms with Crippen molar-refractivity contribution in [2.45, 2.75) is 63.8 Å². The Balaban J connectivity index is 1.18. The molecule has 48 heavy (non-hydrogen) atoms. The number of nitro groups is 1. The zero-order valence-electron chi connectivity index (χ0n) is 26.8. The van der Waals surface area contributed by atoms with Crippen LogP contribution >= 0.6 is 0 Å². The number of aliphatic hydroxyl groups excluding tert-OH is 1. The first-order valence-electron chi connectivity index (χ1n) is 16.3. The normalized spacial score (nSPS) is 19.9. The molecule has 13 nitrogen and oxygen atoms in total. The van der Waals surface area contributed by atoms with Crippen LogP contribution in [-0.2, 0) is 32.2 Å². The second-order valence-electron chi connectivity index (χ2n) is 12.2. The number of ether oxygens (including phenoxy) is 2. The van der Waals surface area contributed by atoms with Gasteiger partial charge in [0.05, 0.1) is 23.7 Å². The second kappa shape index (κ2) is 17.1. The van der Waals surface area contributed by atoms with E-state index in [1.165, 1.54) is 0 Å². The van der Waals surface area contributed by atoms with E-state index in [9.17, 15) is 24.8 Å². The molecule has 3 aromatic carbocycles. The number of hydrogen-bond acceptors (Lipinski definition) is 10. The van der Waals surface area contributed by atoms with Crippen LogP contribution in [0, 0.1) is 10.1 Å². The maximum Gasteiger partial charge on any atom is 0.269 e. The summed E-state index contributed by atoms with van der Waals surface area (Å²) in [6.45, 7) is 4.34. The molecule has 3 aromatic rings. The standard InChI is InChI=1S/C35H43N5O8/c41-24-26-7-9-27(10-8-26)32-21-31(23-38-17-19-39(20-18-38)29-13-15-30(16-14-29)40(45)46)47-35(48-32)28-11-5-25(6-12-28)22-36-33(42)3-1-2-4-34(43)37-44/h5-16,31-32,35,41,44H,1-4,17-24H2,(H,36,42)(H,37,43). The number of rotatable bonds is 14. The number of non-ortho nitro benzene ring substituents is 1. The van der Waals surface area contributed by atoms with Gasteiger partial charge < -0.3 is 24.8 Å². The molecule has 2 heterocycles. The molecule has 2 aliphatic heterocycles. The van der Waals surface area contributed by atoms with Crippen molar-refractivity contribution >= 4 is 23.2 Å². The molecule has 0 saturated carbocycles. The SMILES string of the molecule is O=C(CCCCC(=O)NCc1ccc(C2OC(CN3CCN(c4ccc([N+](=O)[O-])cc4)CC3)CC(c3ccc(CO)cc3)O2)cc1)NO. The van der Waals surface area contributed by atoms with Crippen LogP contribution in [0.1, 0.15) is 66.8 Å². The van der Waals surface area contributed by atoms with Crippen LogP contribution < -0.4 is 15.7 Å². The summed E-state index contributed by atoms with van der Waals surface area (Å²) in [5.41, 5.74) is 6.30. The van der Waals surface area contributed by atoms with Gasteiger partial charge >= 0.3 is 0 Å². The van der Waals surface area contributed by atoms with E-state index in [2.05, 4.69) is 15.1 Å². The van der Waals surface area contributed by atoms with Crippen molar-refractivity contribution in [3.8, 4) is 0 Å². The summed E-state index contributed by atoms with van der Waals surface area (Å²) >= 11 is 0. The minimum atomic E-state index is -0.590. The number of nitrogens with zero attached hydrogens (tertiary/aromatic N) is 3. The summed E-state index contributed by atoms with van der Waals surface area (Å²) in [5, 5.41) is 32.0. The highest BCUT2D eigenvalue weighted by Gasteiger charge is 2.34. The molecule has 13 heteroatoms. The van der Waals surface area contributed by atoms with Crippen molar-refractivity contribution in [3.63, 3.8) is 0 Å². The molecule has 4 N–H and O–H groups in total. The van der Waals surface area contributed by atoms with Gasteiger partial charge in [0.15, 0.2) is 6.29 Å². The summed E-state index contributed by atoms with van der Waals surface area (Å²) < 4.78 is 13.0. The van der Waals surface area contributed by atoms with Crippen LogP contribution in [0.4, 0.5) is 11.4 Å². The number of piperazine rings is 1. The average molecular weight is 662 g/mol. The van der Waals surface area contributed by atoms with Gasteiger partial charge in [0.1, 0.15) is 0 Å². The Labute approximate surface area is 279 Å². The van der Waals surface area contributed by atoms with E-state index in [1.807, 2.05) is 48.5 Å². The van der Waals surface area contributed by atoms with Crippen LogP contribution in [0.5, 0.6) is 0 Å².